The van der Waals surface area contributed by atoms with Gasteiger partial charge in [-0.25, -0.2) is 13.1 Å². The average Bonchev–Trinajstić information content (AvgIpc) is 2.94. The number of rotatable bonds is 11. The molecule has 3 N–H and O–H groups in total. The number of aromatic nitrogens is 1. The maximum absolute atomic E-state index is 12.6. The molecule has 0 saturated heterocycles. The van der Waals surface area contributed by atoms with Gasteiger partial charge in [-0.15, -0.1) is 0 Å². The molecule has 3 aromatic rings. The van der Waals surface area contributed by atoms with Gasteiger partial charge in [-0.1, -0.05) is 37.3 Å². The Kier molecular flexibility index (Phi) is 9.66. The van der Waals surface area contributed by atoms with Crippen molar-refractivity contribution in [2.24, 2.45) is 0 Å². The highest BCUT2D eigenvalue weighted by atomic mass is 32.2. The van der Waals surface area contributed by atoms with Crippen molar-refractivity contribution in [1.82, 2.24) is 20.3 Å². The molecule has 0 aliphatic carbocycles. The van der Waals surface area contributed by atoms with Gasteiger partial charge in [0.15, 0.2) is 0 Å². The zero-order valence-corrected chi connectivity index (χ0v) is 21.3. The summed E-state index contributed by atoms with van der Waals surface area (Å²) in [6.45, 7) is 2.06. The third-order valence-corrected chi connectivity index (χ3v) is 6.42. The maximum Gasteiger partial charge on any atom is 0.325 e. The minimum atomic E-state index is -4.25. The molecule has 198 valence electrons. The van der Waals surface area contributed by atoms with Gasteiger partial charge in [0.2, 0.25) is 0 Å². The lowest BCUT2D eigenvalue weighted by Gasteiger charge is -2.09. The van der Waals surface area contributed by atoms with Gasteiger partial charge in [0.05, 0.1) is 17.1 Å². The molecule has 3 rings (SSSR count). The third kappa shape index (κ3) is 7.96. The number of pyridine rings is 1. The Morgan fingerprint density at radius 2 is 1.50 bits per heavy atom. The van der Waals surface area contributed by atoms with Crippen LogP contribution in [0.3, 0.4) is 0 Å². The van der Waals surface area contributed by atoms with Crippen LogP contribution in [0.2, 0.25) is 0 Å². The molecule has 1 heterocycles. The first-order chi connectivity index (χ1) is 18.2. The molecule has 2 aromatic carbocycles. The molecular weight excluding hydrogens is 512 g/mol. The lowest BCUT2D eigenvalue weighted by molar-refractivity contribution is -0.142. The van der Waals surface area contributed by atoms with Crippen LogP contribution in [0.1, 0.15) is 50.1 Å². The summed E-state index contributed by atoms with van der Waals surface area (Å²) in [6.07, 6.45) is 1.69. The van der Waals surface area contributed by atoms with E-state index >= 15 is 0 Å². The van der Waals surface area contributed by atoms with E-state index in [1.807, 2.05) is 42.0 Å². The lowest BCUT2D eigenvalue weighted by atomic mass is 10.2. The minimum Gasteiger partial charge on any atom is -0.464 e. The number of nitrogens with zero attached hydrogens (tertiary/aromatic N) is 1. The lowest BCUT2D eigenvalue weighted by Crippen LogP contribution is -2.32. The highest BCUT2D eigenvalue weighted by Gasteiger charge is 2.20. The molecule has 11 nitrogen and oxygen atoms in total. The summed E-state index contributed by atoms with van der Waals surface area (Å²) in [5, 5.41) is 5.09. The second-order valence-electron chi connectivity index (χ2n) is 7.96. The Morgan fingerprint density at radius 1 is 0.816 bits per heavy atom. The number of carbonyl (C=O) groups is 4. The molecule has 0 radical (unpaired) electrons. The highest BCUT2D eigenvalue weighted by Crippen LogP contribution is 2.12. The van der Waals surface area contributed by atoms with Crippen LogP contribution in [-0.2, 0) is 26.1 Å². The Hall–Kier alpha value is -4.58. The smallest absolute Gasteiger partial charge is 0.325 e. The van der Waals surface area contributed by atoms with Crippen LogP contribution in [0.15, 0.2) is 77.8 Å². The fourth-order valence-electron chi connectivity index (χ4n) is 3.08. The van der Waals surface area contributed by atoms with Gasteiger partial charge in [0.1, 0.15) is 12.2 Å². The van der Waals surface area contributed by atoms with Crippen molar-refractivity contribution in [3.8, 4) is 0 Å². The fourth-order valence-corrected chi connectivity index (χ4v) is 4.05. The van der Waals surface area contributed by atoms with Crippen molar-refractivity contribution >= 4 is 33.7 Å². The van der Waals surface area contributed by atoms with Gasteiger partial charge in [-0.3, -0.25) is 24.2 Å². The molecule has 38 heavy (non-hydrogen) atoms. The first kappa shape index (κ1) is 28.0. The summed E-state index contributed by atoms with van der Waals surface area (Å²) >= 11 is 0. The van der Waals surface area contributed by atoms with Gasteiger partial charge in [-0.2, -0.15) is 0 Å². The second kappa shape index (κ2) is 13.1. The summed E-state index contributed by atoms with van der Waals surface area (Å²) in [4.78, 5) is 52.0. The Balaban J connectivity index is 1.56. The zero-order valence-electron chi connectivity index (χ0n) is 20.5. The molecule has 1 aromatic heterocycles. The summed E-state index contributed by atoms with van der Waals surface area (Å²) in [5.41, 5.74) is 0.985. The quantitative estimate of drug-likeness (QED) is 0.312. The Bertz CT molecular complexity index is 1390. The normalized spacial score (nSPS) is 10.8. The number of benzene rings is 2. The van der Waals surface area contributed by atoms with E-state index < -0.39 is 27.8 Å². The van der Waals surface area contributed by atoms with E-state index in [9.17, 15) is 27.6 Å². The van der Waals surface area contributed by atoms with E-state index in [2.05, 4.69) is 15.6 Å². The SMILES string of the molecule is CCCOC(=O)CNC(=O)c1ccc(C(=O)NS(=O)(=O)c2ccc(C(=O)NCc3ccccc3)cc2)cn1. The standard InChI is InChI=1S/C26H26N4O7S/c1-2-14-37-23(31)17-29-26(34)22-13-10-20(16-27-22)25(33)30-38(35,36)21-11-8-19(9-12-21)24(32)28-15-18-6-4-3-5-7-18/h3-13,16H,2,14-15,17H2,1H3,(H,28,32)(H,29,34)(H,30,33). The predicted molar refractivity (Wildman–Crippen MR) is 137 cm³/mol. The van der Waals surface area contributed by atoms with E-state index in [1.54, 1.807) is 0 Å². The number of hydrogen-bond donors (Lipinski definition) is 3. The van der Waals surface area contributed by atoms with Crippen molar-refractivity contribution < 1.29 is 32.3 Å². The van der Waals surface area contributed by atoms with Crippen molar-refractivity contribution in [3.63, 3.8) is 0 Å². The molecule has 0 bridgehead atoms. The number of carbonyl (C=O) groups excluding carboxylic acids is 4. The molecule has 0 aliphatic rings. The van der Waals surface area contributed by atoms with Crippen LogP contribution in [0.25, 0.3) is 0 Å². The number of hydrogen-bond acceptors (Lipinski definition) is 8. The molecule has 0 aliphatic heterocycles. The molecule has 0 unspecified atom stereocenters. The van der Waals surface area contributed by atoms with E-state index in [4.69, 9.17) is 4.74 Å². The summed E-state index contributed by atoms with van der Waals surface area (Å²) in [5.74, 6) is -2.60. The predicted octanol–water partition coefficient (Wildman–Crippen LogP) is 1.81. The zero-order chi connectivity index (χ0) is 27.5. The van der Waals surface area contributed by atoms with Gasteiger partial charge in [-0.05, 0) is 48.4 Å². The minimum absolute atomic E-state index is 0.0752. The highest BCUT2D eigenvalue weighted by molar-refractivity contribution is 7.90. The second-order valence-corrected chi connectivity index (χ2v) is 9.64. The van der Waals surface area contributed by atoms with Crippen LogP contribution in [0, 0.1) is 0 Å². The monoisotopic (exact) mass is 538 g/mol. The number of ether oxygens (including phenoxy) is 1. The third-order valence-electron chi connectivity index (χ3n) is 5.07. The first-order valence-corrected chi connectivity index (χ1v) is 13.1. The molecule has 0 saturated carbocycles. The van der Waals surface area contributed by atoms with Crippen LogP contribution in [0.5, 0.6) is 0 Å². The van der Waals surface area contributed by atoms with Crippen LogP contribution in [0.4, 0.5) is 0 Å². The Labute approximate surface area is 219 Å². The van der Waals surface area contributed by atoms with E-state index in [0.29, 0.717) is 13.0 Å². The Morgan fingerprint density at radius 3 is 2.13 bits per heavy atom. The topological polar surface area (TPSA) is 161 Å². The van der Waals surface area contributed by atoms with Crippen molar-refractivity contribution in [2.45, 2.75) is 24.8 Å². The van der Waals surface area contributed by atoms with Crippen LogP contribution in [-0.4, -0.2) is 50.2 Å². The van der Waals surface area contributed by atoms with Gasteiger partial charge < -0.3 is 15.4 Å². The van der Waals surface area contributed by atoms with Gasteiger partial charge in [0.25, 0.3) is 27.7 Å². The van der Waals surface area contributed by atoms with Crippen molar-refractivity contribution in [1.29, 1.82) is 0 Å². The molecule has 0 spiro atoms. The van der Waals surface area contributed by atoms with Gasteiger partial charge >= 0.3 is 5.97 Å². The fraction of sp³-hybridized carbons (Fsp3) is 0.192. The average molecular weight is 539 g/mol. The number of sulfonamides is 1. The summed E-state index contributed by atoms with van der Waals surface area (Å²) in [6, 6.07) is 16.9. The molecule has 3 amide bonds. The van der Waals surface area contributed by atoms with E-state index in [0.717, 1.165) is 11.8 Å². The molecule has 0 atom stereocenters. The largest absolute Gasteiger partial charge is 0.464 e. The number of amides is 3. The molecule has 12 heteroatoms. The molecule has 0 fully saturated rings. The van der Waals surface area contributed by atoms with E-state index in [-0.39, 0.29) is 40.8 Å². The van der Waals surface area contributed by atoms with Crippen LogP contribution < -0.4 is 15.4 Å². The maximum atomic E-state index is 12.6. The first-order valence-electron chi connectivity index (χ1n) is 11.6. The summed E-state index contributed by atoms with van der Waals surface area (Å²) in [7, 11) is -4.25. The van der Waals surface area contributed by atoms with Crippen molar-refractivity contribution in [2.75, 3.05) is 13.2 Å². The van der Waals surface area contributed by atoms with Crippen LogP contribution >= 0.6 is 0 Å². The van der Waals surface area contributed by atoms with Gasteiger partial charge in [0, 0.05) is 18.3 Å². The van der Waals surface area contributed by atoms with Crippen molar-refractivity contribution in [3.05, 3.63) is 95.3 Å². The number of nitrogens with one attached hydrogen (secondary N) is 3. The summed E-state index contributed by atoms with van der Waals surface area (Å²) < 4.78 is 32.1. The number of esters is 1. The molecular formula is C26H26N4O7S. The van der Waals surface area contributed by atoms with E-state index in [1.165, 1.54) is 36.4 Å².